The molecule has 2 N–H and O–H groups in total. The van der Waals surface area contributed by atoms with E-state index in [9.17, 15) is 22.4 Å². The van der Waals surface area contributed by atoms with Crippen LogP contribution in [-0.4, -0.2) is 37.2 Å². The number of amides is 1. The maximum absolute atomic E-state index is 13.2. The molecule has 21 heavy (non-hydrogen) atoms. The fourth-order valence-corrected chi connectivity index (χ4v) is 2.86. The van der Waals surface area contributed by atoms with Crippen LogP contribution in [0, 0.1) is 5.82 Å². The molecule has 116 valence electrons. The van der Waals surface area contributed by atoms with Gasteiger partial charge in [-0.3, -0.25) is 4.79 Å². The van der Waals surface area contributed by atoms with Crippen molar-refractivity contribution in [3.8, 4) is 0 Å². The molecule has 1 amide bonds. The minimum Gasteiger partial charge on any atom is -0.478 e. The summed E-state index contributed by atoms with van der Waals surface area (Å²) in [5, 5.41) is 11.3. The number of benzene rings is 1. The second-order valence-corrected chi connectivity index (χ2v) is 6.85. The lowest BCUT2D eigenvalue weighted by Gasteiger charge is -2.09. The van der Waals surface area contributed by atoms with Gasteiger partial charge in [-0.05, 0) is 32.0 Å². The zero-order valence-electron chi connectivity index (χ0n) is 11.6. The van der Waals surface area contributed by atoms with E-state index in [1.54, 1.807) is 13.8 Å². The van der Waals surface area contributed by atoms with Gasteiger partial charge in [0.05, 0.1) is 16.2 Å². The van der Waals surface area contributed by atoms with Crippen LogP contribution < -0.4 is 5.32 Å². The Morgan fingerprint density at radius 1 is 1.33 bits per heavy atom. The lowest BCUT2D eigenvalue weighted by molar-refractivity contribution is -0.121. The van der Waals surface area contributed by atoms with Crippen molar-refractivity contribution >= 4 is 21.7 Å². The van der Waals surface area contributed by atoms with Crippen molar-refractivity contribution in [2.45, 2.75) is 31.2 Å². The number of hydrogen-bond donors (Lipinski definition) is 2. The first kappa shape index (κ1) is 17.1. The Balaban J connectivity index is 2.91. The summed E-state index contributed by atoms with van der Waals surface area (Å²) in [4.78, 5) is 21.9. The fraction of sp³-hybridized carbons (Fsp3) is 0.385. The quantitative estimate of drug-likeness (QED) is 0.768. The molecule has 0 unspecified atom stereocenters. The van der Waals surface area contributed by atoms with Gasteiger partial charge in [-0.15, -0.1) is 0 Å². The SMILES string of the molecule is CC(C)NC(=O)CCS(=O)(=O)c1ccc(F)c(C(=O)O)c1. The molecule has 0 spiro atoms. The van der Waals surface area contributed by atoms with Gasteiger partial charge in [0.15, 0.2) is 9.84 Å². The second-order valence-electron chi connectivity index (χ2n) is 4.74. The average molecular weight is 317 g/mol. The number of carboxylic acids is 1. The van der Waals surface area contributed by atoms with E-state index in [0.29, 0.717) is 0 Å². The highest BCUT2D eigenvalue weighted by Gasteiger charge is 2.20. The van der Waals surface area contributed by atoms with Crippen LogP contribution in [0.25, 0.3) is 0 Å². The van der Waals surface area contributed by atoms with E-state index in [0.717, 1.165) is 18.2 Å². The van der Waals surface area contributed by atoms with Crippen LogP contribution in [0.15, 0.2) is 23.1 Å². The predicted octanol–water partition coefficient (Wildman–Crippen LogP) is 1.21. The van der Waals surface area contributed by atoms with Gasteiger partial charge in [0.2, 0.25) is 5.91 Å². The van der Waals surface area contributed by atoms with Gasteiger partial charge in [0.1, 0.15) is 5.82 Å². The summed E-state index contributed by atoms with van der Waals surface area (Å²) in [6.45, 7) is 3.48. The fourth-order valence-electron chi connectivity index (χ4n) is 1.60. The van der Waals surface area contributed by atoms with E-state index < -0.39 is 38.8 Å². The van der Waals surface area contributed by atoms with Crippen molar-refractivity contribution in [2.24, 2.45) is 0 Å². The molecule has 0 radical (unpaired) electrons. The molecule has 0 aliphatic carbocycles. The summed E-state index contributed by atoms with van der Waals surface area (Å²) in [7, 11) is -3.85. The number of hydrogen-bond acceptors (Lipinski definition) is 4. The first-order valence-electron chi connectivity index (χ1n) is 6.18. The van der Waals surface area contributed by atoms with Gasteiger partial charge in [0.25, 0.3) is 0 Å². The van der Waals surface area contributed by atoms with Crippen LogP contribution in [0.2, 0.25) is 0 Å². The number of halogens is 1. The molecule has 6 nitrogen and oxygen atoms in total. The third-order valence-electron chi connectivity index (χ3n) is 2.57. The lowest BCUT2D eigenvalue weighted by atomic mass is 10.2. The van der Waals surface area contributed by atoms with Gasteiger partial charge in [-0.25, -0.2) is 17.6 Å². The lowest BCUT2D eigenvalue weighted by Crippen LogP contribution is -2.31. The summed E-state index contributed by atoms with van der Waals surface area (Å²) in [5.41, 5.74) is -0.720. The molecule has 0 aliphatic rings. The summed E-state index contributed by atoms with van der Waals surface area (Å²) in [6.07, 6.45) is -0.250. The maximum atomic E-state index is 13.2. The molecule has 0 bridgehead atoms. The highest BCUT2D eigenvalue weighted by molar-refractivity contribution is 7.91. The average Bonchev–Trinajstić information content (AvgIpc) is 2.35. The van der Waals surface area contributed by atoms with Crippen LogP contribution in [0.4, 0.5) is 4.39 Å². The predicted molar refractivity (Wildman–Crippen MR) is 73.3 cm³/mol. The molecular formula is C13H16FNO5S. The zero-order valence-corrected chi connectivity index (χ0v) is 12.4. The van der Waals surface area contributed by atoms with E-state index >= 15 is 0 Å². The van der Waals surface area contributed by atoms with Crippen molar-refractivity contribution in [3.05, 3.63) is 29.6 Å². The van der Waals surface area contributed by atoms with Gasteiger partial charge >= 0.3 is 5.97 Å². The van der Waals surface area contributed by atoms with Crippen LogP contribution >= 0.6 is 0 Å². The Bertz CT molecular complexity index is 655. The molecule has 8 heteroatoms. The molecule has 0 atom stereocenters. The minimum atomic E-state index is -3.85. The van der Waals surface area contributed by atoms with Crippen molar-refractivity contribution in [1.82, 2.24) is 5.32 Å². The summed E-state index contributed by atoms with van der Waals surface area (Å²) in [5.74, 6) is -3.47. The molecule has 1 aromatic carbocycles. The van der Waals surface area contributed by atoms with Gasteiger partial charge in [-0.2, -0.15) is 0 Å². The third-order valence-corrected chi connectivity index (χ3v) is 4.29. The second kappa shape index (κ2) is 6.66. The molecule has 0 saturated carbocycles. The van der Waals surface area contributed by atoms with E-state index in [1.807, 2.05) is 0 Å². The molecule has 1 rings (SSSR count). The Morgan fingerprint density at radius 2 is 1.95 bits per heavy atom. The first-order valence-corrected chi connectivity index (χ1v) is 7.83. The molecule has 0 fully saturated rings. The number of aromatic carboxylic acids is 1. The normalized spacial score (nSPS) is 11.4. The van der Waals surface area contributed by atoms with Crippen LogP contribution in [0.1, 0.15) is 30.6 Å². The van der Waals surface area contributed by atoms with Crippen LogP contribution in [-0.2, 0) is 14.6 Å². The molecule has 1 aromatic rings. The Labute approximate surface area is 121 Å². The Hall–Kier alpha value is -1.96. The number of sulfone groups is 1. The van der Waals surface area contributed by atoms with Gasteiger partial charge < -0.3 is 10.4 Å². The monoisotopic (exact) mass is 317 g/mol. The van der Waals surface area contributed by atoms with E-state index in [-0.39, 0.29) is 17.4 Å². The van der Waals surface area contributed by atoms with Gasteiger partial charge in [-0.1, -0.05) is 0 Å². The highest BCUT2D eigenvalue weighted by atomic mass is 32.2. The van der Waals surface area contributed by atoms with E-state index in [4.69, 9.17) is 5.11 Å². The van der Waals surface area contributed by atoms with Crippen LogP contribution in [0.5, 0.6) is 0 Å². The molecule has 0 saturated heterocycles. The maximum Gasteiger partial charge on any atom is 0.338 e. The summed E-state index contributed by atoms with van der Waals surface area (Å²) in [6, 6.07) is 2.42. The van der Waals surface area contributed by atoms with Crippen molar-refractivity contribution in [2.75, 3.05) is 5.75 Å². The Kier molecular flexibility index (Phi) is 5.42. The highest BCUT2D eigenvalue weighted by Crippen LogP contribution is 2.17. The molecule has 0 aliphatic heterocycles. The van der Waals surface area contributed by atoms with E-state index in [1.165, 1.54) is 0 Å². The number of rotatable bonds is 6. The van der Waals surface area contributed by atoms with Gasteiger partial charge in [0, 0.05) is 12.5 Å². The molecule has 0 heterocycles. The van der Waals surface area contributed by atoms with Crippen LogP contribution in [0.3, 0.4) is 0 Å². The van der Waals surface area contributed by atoms with Crippen molar-refractivity contribution in [1.29, 1.82) is 0 Å². The molecular weight excluding hydrogens is 301 g/mol. The summed E-state index contributed by atoms with van der Waals surface area (Å²) >= 11 is 0. The number of carbonyl (C=O) groups excluding carboxylic acids is 1. The first-order chi connectivity index (χ1) is 9.63. The zero-order chi connectivity index (χ0) is 16.2. The van der Waals surface area contributed by atoms with Crippen molar-refractivity contribution in [3.63, 3.8) is 0 Å². The third kappa shape index (κ3) is 4.82. The standard InChI is InChI=1S/C13H16FNO5S/c1-8(2)15-12(16)5-6-21(19,20)9-3-4-11(14)10(7-9)13(17)18/h3-4,7-8H,5-6H2,1-2H3,(H,15,16)(H,17,18). The van der Waals surface area contributed by atoms with Crippen molar-refractivity contribution < 1.29 is 27.5 Å². The number of carboxylic acid groups (broad SMARTS) is 1. The summed E-state index contributed by atoms with van der Waals surface area (Å²) < 4.78 is 37.3. The number of nitrogens with one attached hydrogen (secondary N) is 1. The Morgan fingerprint density at radius 3 is 2.48 bits per heavy atom. The smallest absolute Gasteiger partial charge is 0.338 e. The minimum absolute atomic E-state index is 0.107. The van der Waals surface area contributed by atoms with E-state index in [2.05, 4.69) is 5.32 Å². The topological polar surface area (TPSA) is 101 Å². The largest absolute Gasteiger partial charge is 0.478 e. The number of carbonyl (C=O) groups is 2. The molecule has 0 aromatic heterocycles.